The van der Waals surface area contributed by atoms with E-state index in [4.69, 9.17) is 4.98 Å². The number of fused-ring (bicyclic) bond motifs is 1. The fourth-order valence-electron chi connectivity index (χ4n) is 3.93. The molecule has 1 N–H and O–H groups in total. The highest BCUT2D eigenvalue weighted by molar-refractivity contribution is 7.18. The van der Waals surface area contributed by atoms with Gasteiger partial charge in [-0.15, -0.1) is 11.3 Å². The molecule has 4 nitrogen and oxygen atoms in total. The van der Waals surface area contributed by atoms with Crippen molar-refractivity contribution in [2.75, 3.05) is 6.54 Å². The minimum Gasteiger partial charge on any atom is -0.392 e. The molecule has 5 heteroatoms. The Labute approximate surface area is 140 Å². The van der Waals surface area contributed by atoms with E-state index in [0.717, 1.165) is 55.6 Å². The minimum absolute atomic E-state index is 0.0847. The predicted octanol–water partition coefficient (Wildman–Crippen LogP) is 3.51. The number of piperidine rings is 1. The predicted molar refractivity (Wildman–Crippen MR) is 91.3 cm³/mol. The molecule has 2 fully saturated rings. The number of nitrogens with zero attached hydrogens (tertiary/aromatic N) is 2. The number of rotatable bonds is 2. The van der Waals surface area contributed by atoms with Crippen molar-refractivity contribution >= 4 is 27.5 Å². The maximum Gasteiger partial charge on any atom is 0.228 e. The van der Waals surface area contributed by atoms with Gasteiger partial charge in [-0.05, 0) is 50.7 Å². The molecule has 1 saturated heterocycles. The summed E-state index contributed by atoms with van der Waals surface area (Å²) in [4.78, 5) is 19.7. The number of aliphatic hydroxyl groups excluding tert-OH is 1. The number of thiazole rings is 1. The van der Waals surface area contributed by atoms with Gasteiger partial charge in [0.05, 0.1) is 28.3 Å². The zero-order valence-corrected chi connectivity index (χ0v) is 14.0. The maximum absolute atomic E-state index is 13.0. The van der Waals surface area contributed by atoms with Crippen molar-refractivity contribution in [3.8, 4) is 0 Å². The number of aromatic nitrogens is 1. The third-order valence-electron chi connectivity index (χ3n) is 5.18. The first-order valence-corrected chi connectivity index (χ1v) is 9.40. The lowest BCUT2D eigenvalue weighted by Gasteiger charge is -2.36. The van der Waals surface area contributed by atoms with Crippen molar-refractivity contribution in [1.29, 1.82) is 0 Å². The van der Waals surface area contributed by atoms with Gasteiger partial charge in [-0.25, -0.2) is 4.98 Å². The molecule has 0 radical (unpaired) electrons. The third kappa shape index (κ3) is 2.76. The van der Waals surface area contributed by atoms with Crippen molar-refractivity contribution in [2.24, 2.45) is 5.92 Å². The van der Waals surface area contributed by atoms with Crippen molar-refractivity contribution in [2.45, 2.75) is 50.7 Å². The van der Waals surface area contributed by atoms with Crippen LogP contribution in [0, 0.1) is 5.92 Å². The van der Waals surface area contributed by atoms with Gasteiger partial charge in [0, 0.05) is 6.54 Å². The standard InChI is InChI=1S/C18H22N2O2S/c21-15-9-5-6-12(15)18(22)20-11-4-3-8-14(20)17-19-13-7-1-2-10-16(13)23-17/h1-2,7,10,12,14-15,21H,3-6,8-9,11H2. The highest BCUT2D eigenvalue weighted by Gasteiger charge is 2.38. The van der Waals surface area contributed by atoms with Crippen LogP contribution in [0.2, 0.25) is 0 Å². The Kier molecular flexibility index (Phi) is 4.07. The summed E-state index contributed by atoms with van der Waals surface area (Å²) in [6.45, 7) is 0.794. The van der Waals surface area contributed by atoms with E-state index in [-0.39, 0.29) is 17.9 Å². The molecule has 3 atom stereocenters. The SMILES string of the molecule is O=C(C1CCCC1O)N1CCCCC1c1nc2ccccc2s1. The zero-order valence-electron chi connectivity index (χ0n) is 13.1. The number of hydrogen-bond donors (Lipinski definition) is 1. The molecular weight excluding hydrogens is 308 g/mol. The highest BCUT2D eigenvalue weighted by Crippen LogP contribution is 2.38. The molecule has 2 heterocycles. The second-order valence-corrected chi connectivity index (χ2v) is 7.73. The lowest BCUT2D eigenvalue weighted by Crippen LogP contribution is -2.43. The molecular formula is C18H22N2O2S. The van der Waals surface area contributed by atoms with Gasteiger partial charge in [0.25, 0.3) is 0 Å². The first-order chi connectivity index (χ1) is 11.2. The normalized spacial score (nSPS) is 28.4. The Morgan fingerprint density at radius 1 is 1.17 bits per heavy atom. The average molecular weight is 330 g/mol. The topological polar surface area (TPSA) is 53.4 Å². The molecule has 2 aromatic rings. The summed E-state index contributed by atoms with van der Waals surface area (Å²) in [5, 5.41) is 11.1. The molecule has 1 saturated carbocycles. The van der Waals surface area contributed by atoms with Crippen LogP contribution in [0.1, 0.15) is 49.6 Å². The third-order valence-corrected chi connectivity index (χ3v) is 6.32. The van der Waals surface area contributed by atoms with E-state index >= 15 is 0 Å². The Bertz CT molecular complexity index is 681. The number of aliphatic hydroxyl groups is 1. The van der Waals surface area contributed by atoms with E-state index < -0.39 is 6.10 Å². The second-order valence-electron chi connectivity index (χ2n) is 6.67. The van der Waals surface area contributed by atoms with Crippen LogP contribution in [0.25, 0.3) is 10.2 Å². The molecule has 4 rings (SSSR count). The molecule has 1 aromatic carbocycles. The lowest BCUT2D eigenvalue weighted by molar-refractivity contribution is -0.142. The van der Waals surface area contributed by atoms with Crippen molar-refractivity contribution < 1.29 is 9.90 Å². The van der Waals surface area contributed by atoms with Crippen LogP contribution in [0.4, 0.5) is 0 Å². The Morgan fingerprint density at radius 3 is 2.83 bits per heavy atom. The van der Waals surface area contributed by atoms with Crippen LogP contribution < -0.4 is 0 Å². The van der Waals surface area contributed by atoms with Gasteiger partial charge in [0.2, 0.25) is 5.91 Å². The summed E-state index contributed by atoms with van der Waals surface area (Å²) in [7, 11) is 0. The van der Waals surface area contributed by atoms with Crippen molar-refractivity contribution in [3.63, 3.8) is 0 Å². The smallest absolute Gasteiger partial charge is 0.228 e. The molecule has 122 valence electrons. The van der Waals surface area contributed by atoms with Gasteiger partial charge in [-0.2, -0.15) is 0 Å². The minimum atomic E-state index is -0.458. The van der Waals surface area contributed by atoms with Gasteiger partial charge >= 0.3 is 0 Å². The first kappa shape index (κ1) is 15.1. The zero-order chi connectivity index (χ0) is 15.8. The number of hydrogen-bond acceptors (Lipinski definition) is 4. The number of carbonyl (C=O) groups excluding carboxylic acids is 1. The molecule has 3 unspecified atom stereocenters. The number of likely N-dealkylation sites (tertiary alicyclic amines) is 1. The molecule has 23 heavy (non-hydrogen) atoms. The van der Waals surface area contributed by atoms with Gasteiger partial charge < -0.3 is 10.0 Å². The molecule has 1 aliphatic heterocycles. The first-order valence-electron chi connectivity index (χ1n) is 8.58. The second kappa shape index (κ2) is 6.21. The van der Waals surface area contributed by atoms with Gasteiger partial charge in [0.1, 0.15) is 5.01 Å². The maximum atomic E-state index is 13.0. The molecule has 2 aliphatic rings. The van der Waals surface area contributed by atoms with Gasteiger partial charge in [0.15, 0.2) is 0 Å². The van der Waals surface area contributed by atoms with Gasteiger partial charge in [-0.3, -0.25) is 4.79 Å². The average Bonchev–Trinajstić information content (AvgIpc) is 3.20. The van der Waals surface area contributed by atoms with E-state index in [2.05, 4.69) is 6.07 Å². The number of benzene rings is 1. The quantitative estimate of drug-likeness (QED) is 0.917. The molecule has 1 aromatic heterocycles. The van der Waals surface area contributed by atoms with Crippen LogP contribution >= 0.6 is 11.3 Å². The summed E-state index contributed by atoms with van der Waals surface area (Å²) in [5.41, 5.74) is 1.02. The van der Waals surface area contributed by atoms with E-state index in [1.165, 1.54) is 4.70 Å². The molecule has 0 bridgehead atoms. The summed E-state index contributed by atoms with van der Waals surface area (Å²) >= 11 is 1.70. The van der Waals surface area contributed by atoms with Gasteiger partial charge in [-0.1, -0.05) is 12.1 Å². The largest absolute Gasteiger partial charge is 0.392 e. The highest BCUT2D eigenvalue weighted by atomic mass is 32.1. The Balaban J connectivity index is 1.63. The summed E-state index contributed by atoms with van der Waals surface area (Å²) in [6, 6.07) is 8.24. The van der Waals surface area contributed by atoms with E-state index in [1.54, 1.807) is 11.3 Å². The van der Waals surface area contributed by atoms with Crippen LogP contribution in [0.3, 0.4) is 0 Å². The lowest BCUT2D eigenvalue weighted by atomic mass is 9.97. The van der Waals surface area contributed by atoms with Crippen LogP contribution in [-0.4, -0.2) is 33.5 Å². The van der Waals surface area contributed by atoms with E-state index in [0.29, 0.717) is 0 Å². The number of carbonyl (C=O) groups is 1. The summed E-state index contributed by atoms with van der Waals surface area (Å²) in [5.74, 6) is -0.0658. The molecule has 1 aliphatic carbocycles. The summed E-state index contributed by atoms with van der Waals surface area (Å²) in [6.07, 6.45) is 5.25. The van der Waals surface area contributed by atoms with Crippen LogP contribution in [0.15, 0.2) is 24.3 Å². The fourth-order valence-corrected chi connectivity index (χ4v) is 5.04. The molecule has 1 amide bonds. The number of para-hydroxylation sites is 1. The monoisotopic (exact) mass is 330 g/mol. The van der Waals surface area contributed by atoms with E-state index in [9.17, 15) is 9.90 Å². The Morgan fingerprint density at radius 2 is 2.04 bits per heavy atom. The Hall–Kier alpha value is -1.46. The van der Waals surface area contributed by atoms with E-state index in [1.807, 2.05) is 23.1 Å². The van der Waals surface area contributed by atoms with Crippen LogP contribution in [-0.2, 0) is 4.79 Å². The fraction of sp³-hybridized carbons (Fsp3) is 0.556. The van der Waals surface area contributed by atoms with Crippen molar-refractivity contribution in [3.05, 3.63) is 29.3 Å². The summed E-state index contributed by atoms with van der Waals surface area (Å²) < 4.78 is 1.18. The van der Waals surface area contributed by atoms with Crippen molar-refractivity contribution in [1.82, 2.24) is 9.88 Å². The number of amides is 1. The van der Waals surface area contributed by atoms with Crippen LogP contribution in [0.5, 0.6) is 0 Å². The molecule has 0 spiro atoms.